The molecule has 0 amide bonds. The molecular weight excluding hydrogens is 254 g/mol. The standard InChI is InChI=1S/C10H15N5O4/c16-2-1-6(17)7(18)3-5-8-9-10(19)11-4-14(8)13-15(9)12-5/h4,6-7,12-13,16-19H,1-3H2/t6-,7+/m1/s1. The van der Waals surface area contributed by atoms with E-state index in [-0.39, 0.29) is 25.3 Å². The summed E-state index contributed by atoms with van der Waals surface area (Å²) >= 11 is 0. The van der Waals surface area contributed by atoms with E-state index in [0.29, 0.717) is 17.1 Å². The van der Waals surface area contributed by atoms with Gasteiger partial charge in [0, 0.05) is 13.0 Å². The molecule has 6 N–H and O–H groups in total. The second-order valence-electron chi connectivity index (χ2n) is 4.51. The van der Waals surface area contributed by atoms with Gasteiger partial charge in [-0.25, -0.2) is 10.0 Å². The summed E-state index contributed by atoms with van der Waals surface area (Å²) in [4.78, 5) is 3.79. The van der Waals surface area contributed by atoms with Gasteiger partial charge in [-0.2, -0.15) is 5.12 Å². The third-order valence-corrected chi connectivity index (χ3v) is 3.22. The smallest absolute Gasteiger partial charge is 0.242 e. The van der Waals surface area contributed by atoms with Crippen LogP contribution < -0.4 is 11.0 Å². The van der Waals surface area contributed by atoms with Crippen molar-refractivity contribution in [2.75, 3.05) is 6.61 Å². The monoisotopic (exact) mass is 269 g/mol. The van der Waals surface area contributed by atoms with Gasteiger partial charge in [0.25, 0.3) is 0 Å². The number of aliphatic hydroxyl groups is 4. The van der Waals surface area contributed by atoms with Crippen LogP contribution in [0.5, 0.6) is 0 Å². The normalized spacial score (nSPS) is 23.3. The SMILES string of the molecule is OCC[C@@H](O)[C@@H](O)CC1=C2C3=C(O)N=CN2NN3N1. The Kier molecular flexibility index (Phi) is 2.82. The molecule has 1 fully saturated rings. The van der Waals surface area contributed by atoms with Crippen molar-refractivity contribution in [3.8, 4) is 0 Å². The van der Waals surface area contributed by atoms with Gasteiger partial charge in [0.1, 0.15) is 12.0 Å². The maximum Gasteiger partial charge on any atom is 0.242 e. The topological polar surface area (TPSA) is 124 Å². The molecule has 0 radical (unpaired) electrons. The Labute approximate surface area is 108 Å². The first kappa shape index (κ1) is 12.2. The zero-order valence-corrected chi connectivity index (χ0v) is 9.98. The molecule has 3 heterocycles. The van der Waals surface area contributed by atoms with Crippen LogP contribution in [-0.4, -0.2) is 55.7 Å². The van der Waals surface area contributed by atoms with Gasteiger partial charge in [0.2, 0.25) is 5.88 Å². The van der Waals surface area contributed by atoms with Crippen molar-refractivity contribution < 1.29 is 20.4 Å². The predicted molar refractivity (Wildman–Crippen MR) is 63.5 cm³/mol. The van der Waals surface area contributed by atoms with E-state index in [2.05, 4.69) is 16.0 Å². The molecule has 9 nitrogen and oxygen atoms in total. The molecule has 4 bridgehead atoms. The first-order valence-corrected chi connectivity index (χ1v) is 5.92. The maximum absolute atomic E-state index is 9.86. The molecule has 0 saturated carbocycles. The largest absolute Gasteiger partial charge is 0.492 e. The van der Waals surface area contributed by atoms with Gasteiger partial charge in [0.05, 0.1) is 17.9 Å². The molecule has 2 atom stereocenters. The number of aliphatic imine (C=N–C) groups is 1. The molecular formula is C10H15N5O4. The Morgan fingerprint density at radius 2 is 2.05 bits per heavy atom. The molecule has 3 aliphatic rings. The summed E-state index contributed by atoms with van der Waals surface area (Å²) in [5.74, 6) is -0.121. The summed E-state index contributed by atoms with van der Waals surface area (Å²) in [7, 11) is 0. The lowest BCUT2D eigenvalue weighted by Crippen LogP contribution is -2.48. The van der Waals surface area contributed by atoms with E-state index in [9.17, 15) is 15.3 Å². The summed E-state index contributed by atoms with van der Waals surface area (Å²) in [6, 6.07) is 0. The van der Waals surface area contributed by atoms with Crippen LogP contribution >= 0.6 is 0 Å². The molecule has 0 aromatic heterocycles. The summed E-state index contributed by atoms with van der Waals surface area (Å²) < 4.78 is 0. The van der Waals surface area contributed by atoms with E-state index >= 15 is 0 Å². The van der Waals surface area contributed by atoms with Crippen LogP contribution in [0.25, 0.3) is 0 Å². The van der Waals surface area contributed by atoms with Crippen LogP contribution in [0, 0.1) is 0 Å². The highest BCUT2D eigenvalue weighted by molar-refractivity contribution is 5.67. The van der Waals surface area contributed by atoms with Crippen molar-refractivity contribution in [2.24, 2.45) is 4.99 Å². The second kappa shape index (κ2) is 4.38. The molecule has 104 valence electrons. The molecule has 3 aliphatic heterocycles. The van der Waals surface area contributed by atoms with E-state index < -0.39 is 12.2 Å². The molecule has 0 spiro atoms. The predicted octanol–water partition coefficient (Wildman–Crippen LogP) is -1.98. The number of hydrogen-bond acceptors (Lipinski definition) is 9. The van der Waals surface area contributed by atoms with Crippen LogP contribution in [0.3, 0.4) is 0 Å². The lowest BCUT2D eigenvalue weighted by atomic mass is 10.0. The summed E-state index contributed by atoms with van der Waals surface area (Å²) in [6.45, 7) is -0.185. The Hall–Kier alpha value is -1.81. The molecule has 3 rings (SSSR count). The molecule has 19 heavy (non-hydrogen) atoms. The number of nitrogens with one attached hydrogen (secondary N) is 2. The Morgan fingerprint density at radius 3 is 2.79 bits per heavy atom. The number of nitrogens with zero attached hydrogens (tertiary/aromatic N) is 3. The second-order valence-corrected chi connectivity index (χ2v) is 4.51. The summed E-state index contributed by atoms with van der Waals surface area (Å²) in [6.07, 6.45) is -0.274. The van der Waals surface area contributed by atoms with Crippen molar-refractivity contribution in [2.45, 2.75) is 25.0 Å². The zero-order chi connectivity index (χ0) is 13.6. The zero-order valence-electron chi connectivity index (χ0n) is 9.98. The average Bonchev–Trinajstić information content (AvgIpc) is 2.86. The molecule has 0 aromatic carbocycles. The summed E-state index contributed by atoms with van der Waals surface area (Å²) in [5.41, 5.74) is 7.66. The fourth-order valence-corrected chi connectivity index (χ4v) is 2.26. The molecule has 9 heteroatoms. The minimum atomic E-state index is -0.996. The van der Waals surface area contributed by atoms with Crippen LogP contribution in [0.1, 0.15) is 12.8 Å². The lowest BCUT2D eigenvalue weighted by Gasteiger charge is -2.26. The van der Waals surface area contributed by atoms with E-state index in [1.807, 2.05) is 0 Å². The molecule has 1 saturated heterocycles. The first-order chi connectivity index (χ1) is 9.11. The van der Waals surface area contributed by atoms with Gasteiger partial charge < -0.3 is 20.4 Å². The molecule has 0 aliphatic carbocycles. The van der Waals surface area contributed by atoms with Crippen molar-refractivity contribution in [1.29, 1.82) is 0 Å². The minimum Gasteiger partial charge on any atom is -0.492 e. The van der Waals surface area contributed by atoms with E-state index in [1.54, 1.807) is 5.01 Å². The highest BCUT2D eigenvalue weighted by Gasteiger charge is 2.43. The van der Waals surface area contributed by atoms with E-state index in [4.69, 9.17) is 5.11 Å². The van der Waals surface area contributed by atoms with Crippen LogP contribution in [0.2, 0.25) is 0 Å². The number of hydrazine groups is 3. The average molecular weight is 269 g/mol. The van der Waals surface area contributed by atoms with Crippen LogP contribution in [0.4, 0.5) is 0 Å². The van der Waals surface area contributed by atoms with Gasteiger partial charge in [-0.15, -0.1) is 5.53 Å². The van der Waals surface area contributed by atoms with Gasteiger partial charge in [-0.05, 0) is 6.42 Å². The van der Waals surface area contributed by atoms with Crippen LogP contribution in [0.15, 0.2) is 28.0 Å². The van der Waals surface area contributed by atoms with Crippen molar-refractivity contribution in [3.05, 3.63) is 23.0 Å². The fraction of sp³-hybridized carbons (Fsp3) is 0.500. The Morgan fingerprint density at radius 1 is 1.26 bits per heavy atom. The number of rotatable bonds is 5. The van der Waals surface area contributed by atoms with Crippen molar-refractivity contribution in [3.63, 3.8) is 0 Å². The third kappa shape index (κ3) is 1.83. The first-order valence-electron chi connectivity index (χ1n) is 5.92. The van der Waals surface area contributed by atoms with Gasteiger partial charge in [-0.3, -0.25) is 5.43 Å². The highest BCUT2D eigenvalue weighted by atomic mass is 16.3. The summed E-state index contributed by atoms with van der Waals surface area (Å²) in [5, 5.41) is 41.0. The third-order valence-electron chi connectivity index (χ3n) is 3.22. The minimum absolute atomic E-state index is 0.116. The van der Waals surface area contributed by atoms with Crippen LogP contribution in [-0.2, 0) is 0 Å². The lowest BCUT2D eigenvalue weighted by molar-refractivity contribution is 0.00239. The van der Waals surface area contributed by atoms with Crippen molar-refractivity contribution >= 4 is 6.34 Å². The fourth-order valence-electron chi connectivity index (χ4n) is 2.26. The number of aliphatic hydroxyl groups excluding tert-OH is 4. The van der Waals surface area contributed by atoms with Gasteiger partial charge >= 0.3 is 0 Å². The Balaban J connectivity index is 1.79. The van der Waals surface area contributed by atoms with E-state index in [1.165, 1.54) is 11.5 Å². The van der Waals surface area contributed by atoms with Gasteiger partial charge in [-0.1, -0.05) is 0 Å². The van der Waals surface area contributed by atoms with Gasteiger partial charge in [0.15, 0.2) is 5.70 Å². The van der Waals surface area contributed by atoms with Crippen molar-refractivity contribution in [1.82, 2.24) is 21.1 Å². The quantitative estimate of drug-likeness (QED) is 0.339. The highest BCUT2D eigenvalue weighted by Crippen LogP contribution is 2.36. The number of hydrogen-bond donors (Lipinski definition) is 6. The maximum atomic E-state index is 9.86. The Bertz CT molecular complexity index is 488. The molecule has 0 unspecified atom stereocenters. The van der Waals surface area contributed by atoms with E-state index in [0.717, 1.165) is 0 Å². The molecule has 0 aromatic rings.